The van der Waals surface area contributed by atoms with Gasteiger partial charge in [0.2, 0.25) is 0 Å². The van der Waals surface area contributed by atoms with Gasteiger partial charge in [-0.2, -0.15) is 0 Å². The molecule has 0 fully saturated rings. The molecule has 1 amide bonds. The molecule has 0 bridgehead atoms. The van der Waals surface area contributed by atoms with Gasteiger partial charge in [0, 0.05) is 11.4 Å². The van der Waals surface area contributed by atoms with Crippen molar-refractivity contribution in [2.24, 2.45) is 5.92 Å². The van der Waals surface area contributed by atoms with Gasteiger partial charge in [-0.25, -0.2) is 4.98 Å². The standard InChI is InChI=1S/C12H20N2OS/c1-9(2)5-4-6-10(3)14-12(15)11-7-16-8-13-11/h7-10H,4-6H2,1-3H3,(H,14,15). The number of aromatic nitrogens is 1. The molecule has 3 nitrogen and oxygen atoms in total. The average molecular weight is 240 g/mol. The summed E-state index contributed by atoms with van der Waals surface area (Å²) in [7, 11) is 0. The second-order valence-corrected chi connectivity index (χ2v) is 5.29. The number of rotatable bonds is 6. The molecule has 0 radical (unpaired) electrons. The van der Waals surface area contributed by atoms with Crippen LogP contribution in [0, 0.1) is 5.92 Å². The van der Waals surface area contributed by atoms with Crippen LogP contribution in [-0.2, 0) is 0 Å². The number of thiazole rings is 1. The highest BCUT2D eigenvalue weighted by Gasteiger charge is 2.10. The van der Waals surface area contributed by atoms with E-state index in [2.05, 4.69) is 24.1 Å². The first-order valence-electron chi connectivity index (χ1n) is 5.78. The van der Waals surface area contributed by atoms with E-state index in [1.807, 2.05) is 6.92 Å². The molecule has 0 aliphatic heterocycles. The maximum Gasteiger partial charge on any atom is 0.270 e. The van der Waals surface area contributed by atoms with Gasteiger partial charge in [-0.05, 0) is 19.3 Å². The van der Waals surface area contributed by atoms with E-state index in [0.29, 0.717) is 5.69 Å². The number of carbonyl (C=O) groups is 1. The van der Waals surface area contributed by atoms with E-state index in [4.69, 9.17) is 0 Å². The first kappa shape index (κ1) is 13.2. The molecular formula is C12H20N2OS. The lowest BCUT2D eigenvalue weighted by Gasteiger charge is -2.13. The van der Waals surface area contributed by atoms with Crippen LogP contribution >= 0.6 is 11.3 Å². The average Bonchev–Trinajstić information content (AvgIpc) is 2.69. The van der Waals surface area contributed by atoms with Crippen LogP contribution in [0.4, 0.5) is 0 Å². The van der Waals surface area contributed by atoms with Crippen molar-refractivity contribution in [2.75, 3.05) is 0 Å². The molecule has 0 aliphatic carbocycles. The zero-order valence-corrected chi connectivity index (χ0v) is 11.0. The Labute approximate surface area is 101 Å². The Morgan fingerprint density at radius 1 is 1.44 bits per heavy atom. The summed E-state index contributed by atoms with van der Waals surface area (Å²) in [6, 6.07) is 0.230. The molecular weight excluding hydrogens is 220 g/mol. The van der Waals surface area contributed by atoms with Gasteiger partial charge in [0.05, 0.1) is 5.51 Å². The maximum atomic E-state index is 11.6. The molecule has 0 aliphatic rings. The van der Waals surface area contributed by atoms with E-state index in [9.17, 15) is 4.79 Å². The Bertz CT molecular complexity index is 309. The summed E-state index contributed by atoms with van der Waals surface area (Å²) in [5.41, 5.74) is 2.21. The molecule has 1 unspecified atom stereocenters. The topological polar surface area (TPSA) is 42.0 Å². The quantitative estimate of drug-likeness (QED) is 0.830. The summed E-state index contributed by atoms with van der Waals surface area (Å²) in [5, 5.41) is 4.74. The fraction of sp³-hybridized carbons (Fsp3) is 0.667. The Morgan fingerprint density at radius 2 is 2.19 bits per heavy atom. The van der Waals surface area contributed by atoms with E-state index in [-0.39, 0.29) is 11.9 Å². The molecule has 1 rings (SSSR count). The summed E-state index contributed by atoms with van der Waals surface area (Å²) in [5.74, 6) is 0.680. The highest BCUT2D eigenvalue weighted by Crippen LogP contribution is 2.09. The summed E-state index contributed by atoms with van der Waals surface area (Å²) in [6.07, 6.45) is 3.42. The van der Waals surface area contributed by atoms with Crippen LogP contribution in [0.3, 0.4) is 0 Å². The molecule has 1 aromatic rings. The van der Waals surface area contributed by atoms with Crippen molar-refractivity contribution in [1.82, 2.24) is 10.3 Å². The second kappa shape index (κ2) is 6.63. The molecule has 1 atom stereocenters. The normalized spacial score (nSPS) is 12.8. The molecule has 0 aromatic carbocycles. The van der Waals surface area contributed by atoms with Crippen LogP contribution in [-0.4, -0.2) is 16.9 Å². The minimum absolute atomic E-state index is 0.0571. The minimum atomic E-state index is -0.0571. The van der Waals surface area contributed by atoms with Crippen molar-refractivity contribution in [2.45, 2.75) is 46.1 Å². The van der Waals surface area contributed by atoms with Crippen molar-refractivity contribution in [3.8, 4) is 0 Å². The summed E-state index contributed by atoms with van der Waals surface area (Å²) in [6.45, 7) is 6.49. The Balaban J connectivity index is 2.24. The van der Waals surface area contributed by atoms with E-state index >= 15 is 0 Å². The fourth-order valence-corrected chi connectivity index (χ4v) is 2.06. The van der Waals surface area contributed by atoms with Crippen LogP contribution in [0.25, 0.3) is 0 Å². The first-order valence-corrected chi connectivity index (χ1v) is 6.73. The van der Waals surface area contributed by atoms with Crippen LogP contribution in [0.2, 0.25) is 0 Å². The third-order valence-electron chi connectivity index (χ3n) is 2.46. The maximum absolute atomic E-state index is 11.6. The Hall–Kier alpha value is -0.900. The molecule has 1 aromatic heterocycles. The molecule has 0 saturated heterocycles. The Morgan fingerprint density at radius 3 is 2.75 bits per heavy atom. The minimum Gasteiger partial charge on any atom is -0.348 e. The van der Waals surface area contributed by atoms with Gasteiger partial charge < -0.3 is 5.32 Å². The van der Waals surface area contributed by atoms with Gasteiger partial charge in [-0.1, -0.05) is 26.7 Å². The highest BCUT2D eigenvalue weighted by atomic mass is 32.1. The third-order valence-corrected chi connectivity index (χ3v) is 3.05. The number of carbonyl (C=O) groups excluding carboxylic acids is 1. The molecule has 4 heteroatoms. The van der Waals surface area contributed by atoms with Crippen molar-refractivity contribution in [1.29, 1.82) is 0 Å². The smallest absolute Gasteiger partial charge is 0.270 e. The van der Waals surface area contributed by atoms with Gasteiger partial charge in [0.15, 0.2) is 0 Å². The lowest BCUT2D eigenvalue weighted by molar-refractivity contribution is 0.0933. The van der Waals surface area contributed by atoms with Gasteiger partial charge in [0.1, 0.15) is 5.69 Å². The van der Waals surface area contributed by atoms with E-state index in [0.717, 1.165) is 18.8 Å². The number of nitrogens with one attached hydrogen (secondary N) is 1. The highest BCUT2D eigenvalue weighted by molar-refractivity contribution is 7.07. The molecule has 0 spiro atoms. The summed E-state index contributed by atoms with van der Waals surface area (Å²) in [4.78, 5) is 15.6. The zero-order chi connectivity index (χ0) is 12.0. The number of hydrogen-bond acceptors (Lipinski definition) is 3. The van der Waals surface area contributed by atoms with Crippen LogP contribution in [0.15, 0.2) is 10.9 Å². The fourth-order valence-electron chi connectivity index (χ4n) is 1.53. The summed E-state index contributed by atoms with van der Waals surface area (Å²) < 4.78 is 0. The lowest BCUT2D eigenvalue weighted by Crippen LogP contribution is -2.32. The third kappa shape index (κ3) is 4.75. The van der Waals surface area contributed by atoms with Gasteiger partial charge in [-0.3, -0.25) is 4.79 Å². The predicted octanol–water partition coefficient (Wildman–Crippen LogP) is 3.09. The number of amides is 1. The van der Waals surface area contributed by atoms with Crippen molar-refractivity contribution in [3.63, 3.8) is 0 Å². The van der Waals surface area contributed by atoms with E-state index in [1.54, 1.807) is 10.9 Å². The molecule has 16 heavy (non-hydrogen) atoms. The SMILES string of the molecule is CC(C)CCCC(C)NC(=O)c1cscn1. The van der Waals surface area contributed by atoms with E-state index in [1.165, 1.54) is 17.8 Å². The van der Waals surface area contributed by atoms with Crippen molar-refractivity contribution >= 4 is 17.2 Å². The van der Waals surface area contributed by atoms with Crippen LogP contribution in [0.1, 0.15) is 50.5 Å². The van der Waals surface area contributed by atoms with Crippen molar-refractivity contribution in [3.05, 3.63) is 16.6 Å². The summed E-state index contributed by atoms with van der Waals surface area (Å²) >= 11 is 1.44. The molecule has 0 saturated carbocycles. The van der Waals surface area contributed by atoms with Gasteiger partial charge in [-0.15, -0.1) is 11.3 Å². The molecule has 90 valence electrons. The van der Waals surface area contributed by atoms with Gasteiger partial charge in [0.25, 0.3) is 5.91 Å². The molecule has 1 N–H and O–H groups in total. The van der Waals surface area contributed by atoms with Crippen LogP contribution in [0.5, 0.6) is 0 Å². The van der Waals surface area contributed by atoms with Crippen LogP contribution < -0.4 is 5.32 Å². The molecule has 1 heterocycles. The largest absolute Gasteiger partial charge is 0.348 e. The second-order valence-electron chi connectivity index (χ2n) is 4.57. The monoisotopic (exact) mass is 240 g/mol. The Kier molecular flexibility index (Phi) is 5.46. The zero-order valence-electron chi connectivity index (χ0n) is 10.2. The van der Waals surface area contributed by atoms with E-state index < -0.39 is 0 Å². The number of hydrogen-bond donors (Lipinski definition) is 1. The first-order chi connectivity index (χ1) is 7.59. The van der Waals surface area contributed by atoms with Gasteiger partial charge >= 0.3 is 0 Å². The predicted molar refractivity (Wildman–Crippen MR) is 67.7 cm³/mol. The lowest BCUT2D eigenvalue weighted by atomic mass is 10.0. The number of nitrogens with zero attached hydrogens (tertiary/aromatic N) is 1. The van der Waals surface area contributed by atoms with Crippen molar-refractivity contribution < 1.29 is 4.79 Å².